The number of fused-ring (bicyclic) bond motifs is 2. The minimum absolute atomic E-state index is 0.760. The maximum atomic E-state index is 4.85. The molecule has 0 unspecified atom stereocenters. The Morgan fingerprint density at radius 2 is 1.58 bits per heavy atom. The van der Waals surface area contributed by atoms with E-state index < -0.39 is 0 Å². The van der Waals surface area contributed by atoms with Gasteiger partial charge in [-0.2, -0.15) is 0 Å². The van der Waals surface area contributed by atoms with E-state index in [0.29, 0.717) is 0 Å². The number of imidazole rings is 1. The van der Waals surface area contributed by atoms with Gasteiger partial charge in [-0.25, -0.2) is 9.97 Å². The van der Waals surface area contributed by atoms with Gasteiger partial charge in [-0.15, -0.1) is 0 Å². The molecule has 0 saturated heterocycles. The predicted octanol–water partition coefficient (Wildman–Crippen LogP) is 5.55. The zero-order chi connectivity index (χ0) is 17.5. The van der Waals surface area contributed by atoms with Gasteiger partial charge in [0.25, 0.3) is 0 Å². The molecule has 0 radical (unpaired) electrons. The van der Waals surface area contributed by atoms with Gasteiger partial charge in [-0.3, -0.25) is 4.57 Å². The van der Waals surface area contributed by atoms with Gasteiger partial charge in [-0.1, -0.05) is 66.2 Å². The van der Waals surface area contributed by atoms with Crippen molar-refractivity contribution < 1.29 is 0 Å². The summed E-state index contributed by atoms with van der Waals surface area (Å²) in [4.78, 5) is 9.33. The molecule has 2 aromatic heterocycles. The Kier molecular flexibility index (Phi) is 3.32. The van der Waals surface area contributed by atoms with Crippen molar-refractivity contribution in [1.29, 1.82) is 0 Å². The minimum Gasteiger partial charge on any atom is -0.290 e. The molecule has 0 N–H and O–H groups in total. The van der Waals surface area contributed by atoms with Gasteiger partial charge in [0.1, 0.15) is 5.82 Å². The maximum absolute atomic E-state index is 4.85. The molecule has 0 aliphatic rings. The van der Waals surface area contributed by atoms with Crippen LogP contribution in [-0.2, 0) is 0 Å². The van der Waals surface area contributed by atoms with Crippen molar-refractivity contribution in [3.63, 3.8) is 0 Å². The maximum Gasteiger partial charge on any atom is 0.178 e. The lowest BCUT2D eigenvalue weighted by Crippen LogP contribution is -1.98. The van der Waals surface area contributed by atoms with Crippen LogP contribution in [0.3, 0.4) is 0 Å². The molecule has 0 spiro atoms. The normalized spacial score (nSPS) is 11.3. The second-order valence-corrected chi connectivity index (χ2v) is 6.48. The second-order valence-electron chi connectivity index (χ2n) is 6.48. The zero-order valence-electron chi connectivity index (χ0n) is 14.4. The Labute approximate surface area is 151 Å². The van der Waals surface area contributed by atoms with Gasteiger partial charge in [0.15, 0.2) is 5.65 Å². The molecule has 0 aliphatic heterocycles. The largest absolute Gasteiger partial charge is 0.290 e. The smallest absolute Gasteiger partial charge is 0.178 e. The Balaban J connectivity index is 1.89. The molecule has 0 saturated carbocycles. The molecule has 5 aromatic rings. The van der Waals surface area contributed by atoms with Crippen molar-refractivity contribution in [3.05, 3.63) is 90.6 Å². The summed E-state index contributed by atoms with van der Waals surface area (Å²) in [7, 11) is 0. The lowest BCUT2D eigenvalue weighted by Gasteiger charge is -2.12. The first kappa shape index (κ1) is 14.8. The number of hydrogen-bond acceptors (Lipinski definition) is 2. The molecule has 0 atom stereocenters. The van der Waals surface area contributed by atoms with Crippen LogP contribution in [0.15, 0.2) is 85.1 Å². The molecule has 5 rings (SSSR count). The van der Waals surface area contributed by atoms with Crippen molar-refractivity contribution in [3.8, 4) is 17.1 Å². The third-order valence-corrected chi connectivity index (χ3v) is 4.75. The summed E-state index contributed by atoms with van der Waals surface area (Å²) >= 11 is 0. The van der Waals surface area contributed by atoms with E-state index in [0.717, 1.165) is 28.2 Å². The monoisotopic (exact) mass is 335 g/mol. The molecule has 3 aromatic carbocycles. The van der Waals surface area contributed by atoms with E-state index in [2.05, 4.69) is 89.3 Å². The second kappa shape index (κ2) is 5.81. The molecule has 2 heterocycles. The first-order valence-corrected chi connectivity index (χ1v) is 8.70. The van der Waals surface area contributed by atoms with Crippen LogP contribution in [-0.4, -0.2) is 14.5 Å². The van der Waals surface area contributed by atoms with Gasteiger partial charge < -0.3 is 0 Å². The number of hydrogen-bond donors (Lipinski definition) is 0. The van der Waals surface area contributed by atoms with Gasteiger partial charge in [0.2, 0.25) is 0 Å². The Bertz CT molecular complexity index is 1230. The average molecular weight is 335 g/mol. The van der Waals surface area contributed by atoms with Crippen LogP contribution in [0, 0.1) is 6.92 Å². The van der Waals surface area contributed by atoms with Crippen molar-refractivity contribution >= 4 is 21.9 Å². The standard InChI is InChI=1S/C23H17N3/c1-16-11-13-18(14-12-16)23-25-22-21(10-5-15-24-22)26(23)20-9-4-7-17-6-2-3-8-19(17)20/h2-15H,1H3. The molecule has 3 nitrogen and oxygen atoms in total. The predicted molar refractivity (Wildman–Crippen MR) is 107 cm³/mol. The summed E-state index contributed by atoms with van der Waals surface area (Å²) in [5.41, 5.74) is 5.21. The highest BCUT2D eigenvalue weighted by atomic mass is 15.1. The van der Waals surface area contributed by atoms with E-state index in [-0.39, 0.29) is 0 Å². The first-order chi connectivity index (χ1) is 12.8. The lowest BCUT2D eigenvalue weighted by molar-refractivity contribution is 1.11. The summed E-state index contributed by atoms with van der Waals surface area (Å²) < 4.78 is 2.22. The SMILES string of the molecule is Cc1ccc(-c2nc3ncccc3n2-c2cccc3ccccc23)cc1. The van der Waals surface area contributed by atoms with E-state index >= 15 is 0 Å². The number of aromatic nitrogens is 3. The number of rotatable bonds is 2. The molecule has 0 aliphatic carbocycles. The third kappa shape index (κ3) is 2.29. The number of aryl methyl sites for hydroxylation is 1. The minimum atomic E-state index is 0.760. The van der Waals surface area contributed by atoms with Gasteiger partial charge in [0, 0.05) is 17.1 Å². The van der Waals surface area contributed by atoms with Crippen molar-refractivity contribution in [2.45, 2.75) is 6.92 Å². The molecular formula is C23H17N3. The van der Waals surface area contributed by atoms with E-state index in [1.807, 2.05) is 6.07 Å². The molecule has 0 fully saturated rings. The summed E-state index contributed by atoms with van der Waals surface area (Å²) in [5.74, 6) is 0.912. The Morgan fingerprint density at radius 1 is 0.769 bits per heavy atom. The fraction of sp³-hybridized carbons (Fsp3) is 0.0435. The molecule has 26 heavy (non-hydrogen) atoms. The summed E-state index contributed by atoms with van der Waals surface area (Å²) in [6.45, 7) is 2.10. The van der Waals surface area contributed by atoms with E-state index in [9.17, 15) is 0 Å². The van der Waals surface area contributed by atoms with Gasteiger partial charge in [0.05, 0.1) is 11.2 Å². The van der Waals surface area contributed by atoms with Crippen LogP contribution in [0.1, 0.15) is 5.56 Å². The van der Waals surface area contributed by atoms with E-state index in [4.69, 9.17) is 4.98 Å². The van der Waals surface area contributed by atoms with Crippen molar-refractivity contribution in [1.82, 2.24) is 14.5 Å². The van der Waals surface area contributed by atoms with E-state index in [1.165, 1.54) is 16.3 Å². The highest BCUT2D eigenvalue weighted by Crippen LogP contribution is 2.31. The van der Waals surface area contributed by atoms with Crippen molar-refractivity contribution in [2.75, 3.05) is 0 Å². The van der Waals surface area contributed by atoms with Crippen LogP contribution in [0.5, 0.6) is 0 Å². The topological polar surface area (TPSA) is 30.7 Å². The number of pyridine rings is 1. The Morgan fingerprint density at radius 3 is 2.46 bits per heavy atom. The lowest BCUT2D eigenvalue weighted by atomic mass is 10.1. The molecular weight excluding hydrogens is 318 g/mol. The quantitative estimate of drug-likeness (QED) is 0.423. The van der Waals surface area contributed by atoms with E-state index in [1.54, 1.807) is 6.20 Å². The highest BCUT2D eigenvalue weighted by Gasteiger charge is 2.16. The summed E-state index contributed by atoms with van der Waals surface area (Å²) in [5, 5.41) is 2.41. The highest BCUT2D eigenvalue weighted by molar-refractivity contribution is 5.93. The summed E-state index contributed by atoms with van der Waals surface area (Å²) in [6.07, 6.45) is 1.79. The number of nitrogens with zero attached hydrogens (tertiary/aromatic N) is 3. The van der Waals surface area contributed by atoms with Crippen LogP contribution in [0.4, 0.5) is 0 Å². The van der Waals surface area contributed by atoms with Gasteiger partial charge in [-0.05, 0) is 30.5 Å². The summed E-state index contributed by atoms with van der Waals surface area (Å²) in [6, 6.07) is 27.4. The number of benzene rings is 3. The first-order valence-electron chi connectivity index (χ1n) is 8.70. The van der Waals surface area contributed by atoms with Crippen LogP contribution < -0.4 is 0 Å². The third-order valence-electron chi connectivity index (χ3n) is 4.75. The molecule has 0 bridgehead atoms. The molecule has 0 amide bonds. The van der Waals surface area contributed by atoms with Gasteiger partial charge >= 0.3 is 0 Å². The van der Waals surface area contributed by atoms with Crippen LogP contribution in [0.25, 0.3) is 39.0 Å². The van der Waals surface area contributed by atoms with Crippen molar-refractivity contribution in [2.24, 2.45) is 0 Å². The van der Waals surface area contributed by atoms with Crippen LogP contribution >= 0.6 is 0 Å². The average Bonchev–Trinajstić information content (AvgIpc) is 3.07. The zero-order valence-corrected chi connectivity index (χ0v) is 14.4. The van der Waals surface area contributed by atoms with Crippen LogP contribution in [0.2, 0.25) is 0 Å². The molecule has 124 valence electrons. The fourth-order valence-corrected chi connectivity index (χ4v) is 3.46. The Hall–Kier alpha value is -3.46. The fourth-order valence-electron chi connectivity index (χ4n) is 3.46. The molecule has 3 heteroatoms.